The van der Waals surface area contributed by atoms with Gasteiger partial charge in [0.1, 0.15) is 0 Å². The van der Waals surface area contributed by atoms with Crippen LogP contribution in [-0.4, -0.2) is 16.8 Å². The molecule has 0 rings (SSSR count). The quantitative estimate of drug-likeness (QED) is 0.288. The summed E-state index contributed by atoms with van der Waals surface area (Å²) in [4.78, 5) is 0. The molecule has 0 aromatic carbocycles. The Bertz CT molecular complexity index is 198. The molecule has 0 N–H and O–H groups in total. The highest BCUT2D eigenvalue weighted by molar-refractivity contribution is 8.56. The molecule has 0 unspecified atom stereocenters. The van der Waals surface area contributed by atoms with Gasteiger partial charge in [-0.25, -0.2) is 8.42 Å². The monoisotopic (exact) mass is 148 g/mol. The third-order valence-corrected chi connectivity index (χ3v) is 1.60. The molecular weight excluding hydrogens is 147 g/mol. The molecule has 0 spiro atoms. The molecule has 0 saturated carbocycles. The second-order valence-electron chi connectivity index (χ2n) is 0.636. The topological polar surface area (TPSA) is 68.3 Å². The fourth-order valence-corrected chi connectivity index (χ4v) is 0. The van der Waals surface area contributed by atoms with Crippen LogP contribution in [0.2, 0.25) is 0 Å². The second kappa shape index (κ2) is 1.74. The Labute approximate surface area is 40.5 Å². The van der Waals surface area contributed by atoms with Crippen LogP contribution in [0.4, 0.5) is 3.89 Å². The van der Waals surface area contributed by atoms with Crippen molar-refractivity contribution in [2.45, 2.75) is 0 Å². The maximum Gasteiger partial charge on any atom is 0.408 e. The van der Waals surface area contributed by atoms with Crippen molar-refractivity contribution >= 4 is 19.0 Å². The van der Waals surface area contributed by atoms with E-state index < -0.39 is 19.0 Å². The Morgan fingerprint density at radius 3 is 1.43 bits per heavy atom. The van der Waals surface area contributed by atoms with Crippen LogP contribution in [0, 0.1) is 0 Å². The molecule has 7 heavy (non-hydrogen) atoms. The van der Waals surface area contributed by atoms with E-state index in [-0.39, 0.29) is 0 Å². The standard InChI is InChI=1S/FHO4S2/c1-7(4,5)6(2)3/h6H. The highest BCUT2D eigenvalue weighted by atomic mass is 33.2. The smallest absolute Gasteiger partial charge is 0.213 e. The van der Waals surface area contributed by atoms with Crippen molar-refractivity contribution in [3.8, 4) is 0 Å². The first-order valence-electron chi connectivity index (χ1n) is 1.04. The minimum Gasteiger partial charge on any atom is -0.213 e. The Morgan fingerprint density at radius 1 is 1.29 bits per heavy atom. The fraction of sp³-hybridized carbons (Fsp3) is 0. The highest BCUT2D eigenvalue weighted by Crippen LogP contribution is 1.86. The molecule has 0 aromatic heterocycles. The van der Waals surface area contributed by atoms with Crippen molar-refractivity contribution in [2.75, 3.05) is 0 Å². The van der Waals surface area contributed by atoms with Crippen molar-refractivity contribution in [1.29, 1.82) is 0 Å². The SMILES string of the molecule is O=[SH](=O)S(=O)(=O)F. The molecule has 0 atom stereocenters. The zero-order valence-electron chi connectivity index (χ0n) is 2.87. The van der Waals surface area contributed by atoms with Gasteiger partial charge in [0.2, 0.25) is 0 Å². The first-order chi connectivity index (χ1) is 2.94. The minimum atomic E-state index is -5.29. The van der Waals surface area contributed by atoms with Crippen molar-refractivity contribution < 1.29 is 20.7 Å². The van der Waals surface area contributed by atoms with Gasteiger partial charge < -0.3 is 0 Å². The molecule has 0 aliphatic rings. The Kier molecular flexibility index (Phi) is 1.70. The summed E-state index contributed by atoms with van der Waals surface area (Å²) in [7, 11) is -9.22. The molecule has 0 saturated heterocycles. The number of rotatable bonds is 1. The van der Waals surface area contributed by atoms with Crippen LogP contribution in [0.15, 0.2) is 0 Å². The first kappa shape index (κ1) is 6.83. The summed E-state index contributed by atoms with van der Waals surface area (Å²) in [5.74, 6) is 0. The lowest BCUT2D eigenvalue weighted by Crippen LogP contribution is -1.89. The van der Waals surface area contributed by atoms with Crippen molar-refractivity contribution in [3.05, 3.63) is 0 Å². The Balaban J connectivity index is 4.82. The maximum absolute atomic E-state index is 10.9. The van der Waals surface area contributed by atoms with Crippen LogP contribution in [0.3, 0.4) is 0 Å². The second-order valence-corrected chi connectivity index (χ2v) is 4.11. The van der Waals surface area contributed by atoms with Gasteiger partial charge in [-0.05, 0) is 0 Å². The van der Waals surface area contributed by atoms with E-state index in [1.807, 2.05) is 0 Å². The summed E-state index contributed by atoms with van der Waals surface area (Å²) < 4.78 is 47.2. The van der Waals surface area contributed by atoms with Crippen molar-refractivity contribution in [3.63, 3.8) is 0 Å². The molecular formula is HFO4S2. The molecule has 7 heteroatoms. The van der Waals surface area contributed by atoms with E-state index in [0.29, 0.717) is 0 Å². The molecule has 0 aliphatic heterocycles. The van der Waals surface area contributed by atoms with Gasteiger partial charge >= 0.3 is 9.26 Å². The van der Waals surface area contributed by atoms with Crippen LogP contribution in [0.5, 0.6) is 0 Å². The van der Waals surface area contributed by atoms with E-state index in [2.05, 4.69) is 0 Å². The average molecular weight is 148 g/mol. The van der Waals surface area contributed by atoms with Crippen LogP contribution in [-0.2, 0) is 19.0 Å². The molecule has 0 radical (unpaired) electrons. The van der Waals surface area contributed by atoms with Gasteiger partial charge in [0.05, 0.1) is 0 Å². The minimum absolute atomic E-state index is 3.94. The lowest BCUT2D eigenvalue weighted by molar-refractivity contribution is 0.558. The first-order valence-corrected chi connectivity index (χ1v) is 4.20. The van der Waals surface area contributed by atoms with E-state index in [0.717, 1.165) is 0 Å². The van der Waals surface area contributed by atoms with E-state index >= 15 is 0 Å². The van der Waals surface area contributed by atoms with Gasteiger partial charge in [-0.15, -0.1) is 0 Å². The number of hydrogen-bond acceptors (Lipinski definition) is 4. The summed E-state index contributed by atoms with van der Waals surface area (Å²) in [6.07, 6.45) is 0. The number of thiol groups is 1. The van der Waals surface area contributed by atoms with Gasteiger partial charge in [-0.3, -0.25) is 0 Å². The summed E-state index contributed by atoms with van der Waals surface area (Å²) in [6, 6.07) is 0. The predicted octanol–water partition coefficient (Wildman–Crippen LogP) is -1.19. The molecule has 0 bridgehead atoms. The van der Waals surface area contributed by atoms with Gasteiger partial charge in [0.25, 0.3) is 9.74 Å². The Morgan fingerprint density at radius 2 is 1.43 bits per heavy atom. The summed E-state index contributed by atoms with van der Waals surface area (Å²) in [5.41, 5.74) is 0. The van der Waals surface area contributed by atoms with Crippen LogP contribution in [0.1, 0.15) is 0 Å². The van der Waals surface area contributed by atoms with Crippen molar-refractivity contribution in [1.82, 2.24) is 0 Å². The van der Waals surface area contributed by atoms with E-state index in [4.69, 9.17) is 16.8 Å². The fourth-order valence-electron chi connectivity index (χ4n) is 0. The van der Waals surface area contributed by atoms with Crippen LogP contribution in [0.25, 0.3) is 0 Å². The van der Waals surface area contributed by atoms with E-state index in [9.17, 15) is 3.89 Å². The van der Waals surface area contributed by atoms with Crippen LogP contribution < -0.4 is 0 Å². The number of hydrogen-bond donors (Lipinski definition) is 1. The largest absolute Gasteiger partial charge is 0.408 e. The summed E-state index contributed by atoms with van der Waals surface area (Å²) >= 11 is 0. The Hall–Kier alpha value is -0.170. The summed E-state index contributed by atoms with van der Waals surface area (Å²) in [6.45, 7) is 0. The van der Waals surface area contributed by atoms with Crippen LogP contribution >= 0.6 is 0 Å². The molecule has 4 nitrogen and oxygen atoms in total. The average Bonchev–Trinajstić information content (AvgIpc) is 1.31. The lowest BCUT2D eigenvalue weighted by atomic mass is 15.9. The lowest BCUT2D eigenvalue weighted by Gasteiger charge is -1.68. The zero-order chi connectivity index (χ0) is 6.08. The predicted molar refractivity (Wildman–Crippen MR) is 20.3 cm³/mol. The van der Waals surface area contributed by atoms with Gasteiger partial charge in [-0.1, -0.05) is 3.89 Å². The molecule has 0 aliphatic carbocycles. The molecule has 0 fully saturated rings. The highest BCUT2D eigenvalue weighted by Gasteiger charge is 2.06. The van der Waals surface area contributed by atoms with Crippen molar-refractivity contribution in [2.24, 2.45) is 0 Å². The molecule has 0 amide bonds. The molecule has 0 aromatic rings. The van der Waals surface area contributed by atoms with Gasteiger partial charge in [-0.2, -0.15) is 8.42 Å². The van der Waals surface area contributed by atoms with Gasteiger partial charge in [0, 0.05) is 0 Å². The third kappa shape index (κ3) is 2.52. The normalized spacial score (nSPS) is 12.3. The molecule has 44 valence electrons. The summed E-state index contributed by atoms with van der Waals surface area (Å²) in [5, 5.41) is 0. The third-order valence-electron chi connectivity index (χ3n) is 0.178. The zero-order valence-corrected chi connectivity index (χ0v) is 4.58. The van der Waals surface area contributed by atoms with E-state index in [1.54, 1.807) is 0 Å². The maximum atomic E-state index is 10.9. The van der Waals surface area contributed by atoms with Gasteiger partial charge in [0.15, 0.2) is 0 Å². The number of halogens is 1. The van der Waals surface area contributed by atoms with E-state index in [1.165, 1.54) is 0 Å². The molecule has 0 heterocycles.